The van der Waals surface area contributed by atoms with Crippen LogP contribution in [0.1, 0.15) is 13.3 Å². The lowest BCUT2D eigenvalue weighted by Crippen LogP contribution is -2.24. The lowest BCUT2D eigenvalue weighted by Gasteiger charge is -2.05. The highest BCUT2D eigenvalue weighted by Gasteiger charge is 2.14. The molecule has 0 atom stereocenters. The van der Waals surface area contributed by atoms with Gasteiger partial charge in [-0.05, 0) is 18.6 Å². The van der Waals surface area contributed by atoms with Crippen molar-refractivity contribution in [1.29, 1.82) is 0 Å². The second-order valence-electron chi connectivity index (χ2n) is 4.19. The van der Waals surface area contributed by atoms with Gasteiger partial charge in [0.05, 0.1) is 6.26 Å². The van der Waals surface area contributed by atoms with Crippen LogP contribution >= 0.6 is 0 Å². The third-order valence-corrected chi connectivity index (χ3v) is 2.84. The number of nitrogen functional groups attached to an aromatic ring is 1. The Morgan fingerprint density at radius 3 is 3.00 bits per heavy atom. The third-order valence-electron chi connectivity index (χ3n) is 2.84. The number of nitrogens with one attached hydrogen (secondary N) is 1. The topological polar surface area (TPSA) is 103 Å². The van der Waals surface area contributed by atoms with Gasteiger partial charge in [0.2, 0.25) is 5.95 Å². The summed E-state index contributed by atoms with van der Waals surface area (Å²) in [4.78, 5) is 23.6. The molecule has 0 saturated carbocycles. The normalized spacial score (nSPS) is 11.2. The van der Waals surface area contributed by atoms with Gasteiger partial charge in [-0.3, -0.25) is 9.36 Å². The minimum Gasteiger partial charge on any atom is -0.461 e. The molecule has 0 aliphatic carbocycles. The van der Waals surface area contributed by atoms with E-state index in [0.717, 1.165) is 6.42 Å². The van der Waals surface area contributed by atoms with Crippen LogP contribution in [-0.2, 0) is 6.54 Å². The van der Waals surface area contributed by atoms with Crippen LogP contribution in [0, 0.1) is 0 Å². The van der Waals surface area contributed by atoms with Crippen LogP contribution in [0.3, 0.4) is 0 Å². The summed E-state index contributed by atoms with van der Waals surface area (Å²) in [6.45, 7) is 2.50. The Bertz CT molecular complexity index is 769. The average molecular weight is 259 g/mol. The van der Waals surface area contributed by atoms with E-state index in [1.807, 2.05) is 6.92 Å². The van der Waals surface area contributed by atoms with Crippen molar-refractivity contribution in [3.05, 3.63) is 28.7 Å². The molecule has 98 valence electrons. The van der Waals surface area contributed by atoms with Gasteiger partial charge in [-0.1, -0.05) is 6.92 Å². The van der Waals surface area contributed by atoms with Crippen molar-refractivity contribution < 1.29 is 4.42 Å². The predicted molar refractivity (Wildman–Crippen MR) is 70.6 cm³/mol. The van der Waals surface area contributed by atoms with Gasteiger partial charge >= 0.3 is 0 Å². The number of aromatic nitrogens is 4. The molecule has 0 spiro atoms. The summed E-state index contributed by atoms with van der Waals surface area (Å²) in [5, 5.41) is 0. The number of aromatic amines is 1. The van der Waals surface area contributed by atoms with Gasteiger partial charge in [0.25, 0.3) is 5.56 Å². The summed E-state index contributed by atoms with van der Waals surface area (Å²) in [5.41, 5.74) is 6.21. The standard InChI is InChI=1S/C12H13N5O2/c1-2-5-17-11(18)8-10(16-12(17)13)15-9(14-8)7-4-3-6-19-7/h3-4,6H,2,5H2,1H3,(H2,13,16)(H,14,15). The van der Waals surface area contributed by atoms with Gasteiger partial charge in [0, 0.05) is 6.54 Å². The molecule has 3 aromatic rings. The number of rotatable bonds is 3. The number of anilines is 1. The molecule has 3 heterocycles. The van der Waals surface area contributed by atoms with Gasteiger partial charge < -0.3 is 15.1 Å². The Morgan fingerprint density at radius 2 is 2.32 bits per heavy atom. The molecular formula is C12H13N5O2. The Balaban J connectivity index is 2.24. The summed E-state index contributed by atoms with van der Waals surface area (Å²) in [6, 6.07) is 3.51. The molecule has 7 heteroatoms. The molecule has 0 aliphatic rings. The molecule has 0 amide bonds. The molecule has 3 rings (SSSR count). The van der Waals surface area contributed by atoms with E-state index in [2.05, 4.69) is 15.0 Å². The number of H-pyrrole nitrogens is 1. The van der Waals surface area contributed by atoms with Crippen LogP contribution < -0.4 is 11.3 Å². The van der Waals surface area contributed by atoms with Gasteiger partial charge in [-0.25, -0.2) is 4.98 Å². The molecule has 7 nitrogen and oxygen atoms in total. The smallest absolute Gasteiger partial charge is 0.280 e. The first-order chi connectivity index (χ1) is 9.20. The summed E-state index contributed by atoms with van der Waals surface area (Å²) < 4.78 is 6.67. The van der Waals surface area contributed by atoms with Crippen LogP contribution in [0.2, 0.25) is 0 Å². The van der Waals surface area contributed by atoms with E-state index in [1.165, 1.54) is 4.57 Å². The third kappa shape index (κ3) is 1.79. The second-order valence-corrected chi connectivity index (χ2v) is 4.19. The Kier molecular flexibility index (Phi) is 2.59. The molecule has 0 aliphatic heterocycles. The van der Waals surface area contributed by atoms with Gasteiger partial charge in [-0.15, -0.1) is 0 Å². The van der Waals surface area contributed by atoms with Crippen molar-refractivity contribution in [1.82, 2.24) is 19.5 Å². The zero-order chi connectivity index (χ0) is 13.4. The Hall–Kier alpha value is -2.57. The molecule has 3 aromatic heterocycles. The lowest BCUT2D eigenvalue weighted by molar-refractivity contribution is 0.578. The molecule has 3 N–H and O–H groups in total. The largest absolute Gasteiger partial charge is 0.461 e. The fraction of sp³-hybridized carbons (Fsp3) is 0.250. The van der Waals surface area contributed by atoms with Crippen LogP contribution in [0.25, 0.3) is 22.7 Å². The maximum Gasteiger partial charge on any atom is 0.280 e. The summed E-state index contributed by atoms with van der Waals surface area (Å²) >= 11 is 0. The summed E-state index contributed by atoms with van der Waals surface area (Å²) in [6.07, 6.45) is 2.34. The van der Waals surface area contributed by atoms with Crippen molar-refractivity contribution in [3.8, 4) is 11.6 Å². The maximum atomic E-state index is 12.3. The highest BCUT2D eigenvalue weighted by molar-refractivity contribution is 5.74. The second kappa shape index (κ2) is 4.27. The number of nitrogens with two attached hydrogens (primary N) is 1. The van der Waals surface area contributed by atoms with Crippen LogP contribution in [0.15, 0.2) is 27.6 Å². The summed E-state index contributed by atoms with van der Waals surface area (Å²) in [5.74, 6) is 1.20. The Labute approximate surface area is 108 Å². The fourth-order valence-electron chi connectivity index (χ4n) is 1.97. The van der Waals surface area contributed by atoms with Crippen molar-refractivity contribution in [3.63, 3.8) is 0 Å². The van der Waals surface area contributed by atoms with Gasteiger partial charge in [0.15, 0.2) is 22.7 Å². The zero-order valence-corrected chi connectivity index (χ0v) is 10.4. The van der Waals surface area contributed by atoms with Crippen LogP contribution in [0.5, 0.6) is 0 Å². The first-order valence-corrected chi connectivity index (χ1v) is 6.00. The molecule has 0 saturated heterocycles. The molecule has 0 unspecified atom stereocenters. The predicted octanol–water partition coefficient (Wildman–Crippen LogP) is 1.37. The number of furan rings is 1. The van der Waals surface area contributed by atoms with Crippen molar-refractivity contribution in [2.24, 2.45) is 0 Å². The van der Waals surface area contributed by atoms with Crippen molar-refractivity contribution >= 4 is 17.1 Å². The minimum atomic E-state index is -0.213. The minimum absolute atomic E-state index is 0.178. The number of nitrogens with zero attached hydrogens (tertiary/aromatic N) is 3. The Morgan fingerprint density at radius 1 is 1.47 bits per heavy atom. The van der Waals surface area contributed by atoms with E-state index in [-0.39, 0.29) is 11.5 Å². The zero-order valence-electron chi connectivity index (χ0n) is 10.4. The average Bonchev–Trinajstić information content (AvgIpc) is 3.02. The molecular weight excluding hydrogens is 246 g/mol. The van der Waals surface area contributed by atoms with E-state index >= 15 is 0 Å². The van der Waals surface area contributed by atoms with Crippen molar-refractivity contribution in [2.45, 2.75) is 19.9 Å². The van der Waals surface area contributed by atoms with Gasteiger partial charge in [-0.2, -0.15) is 4.98 Å². The maximum absolute atomic E-state index is 12.3. The molecule has 19 heavy (non-hydrogen) atoms. The van der Waals surface area contributed by atoms with Gasteiger partial charge in [0.1, 0.15) is 0 Å². The molecule has 0 aromatic carbocycles. The van der Waals surface area contributed by atoms with Crippen LogP contribution in [-0.4, -0.2) is 19.5 Å². The first kappa shape index (κ1) is 11.5. The quantitative estimate of drug-likeness (QED) is 0.739. The monoisotopic (exact) mass is 259 g/mol. The highest BCUT2D eigenvalue weighted by atomic mass is 16.3. The van der Waals surface area contributed by atoms with E-state index < -0.39 is 0 Å². The number of hydrogen-bond acceptors (Lipinski definition) is 5. The SMILES string of the molecule is CCCn1c(N)nc2nc(-c3ccco3)[nH]c2c1=O. The van der Waals surface area contributed by atoms with E-state index in [1.54, 1.807) is 18.4 Å². The summed E-state index contributed by atoms with van der Waals surface area (Å²) in [7, 11) is 0. The number of hydrogen-bond donors (Lipinski definition) is 2. The van der Waals surface area contributed by atoms with Crippen molar-refractivity contribution in [2.75, 3.05) is 5.73 Å². The number of fused-ring (bicyclic) bond motifs is 1. The molecule has 0 radical (unpaired) electrons. The fourth-order valence-corrected chi connectivity index (χ4v) is 1.97. The first-order valence-electron chi connectivity index (χ1n) is 6.00. The lowest BCUT2D eigenvalue weighted by atomic mass is 10.4. The van der Waals surface area contributed by atoms with E-state index in [4.69, 9.17) is 10.2 Å². The van der Waals surface area contributed by atoms with Crippen LogP contribution in [0.4, 0.5) is 5.95 Å². The van der Waals surface area contributed by atoms with E-state index in [9.17, 15) is 4.79 Å². The highest BCUT2D eigenvalue weighted by Crippen LogP contribution is 2.18. The molecule has 0 bridgehead atoms. The van der Waals surface area contributed by atoms with E-state index in [0.29, 0.717) is 29.3 Å². The number of imidazole rings is 1. The molecule has 0 fully saturated rings.